The first-order valence-corrected chi connectivity index (χ1v) is 19.0. The smallest absolute Gasteiger partial charge is 0.391 e. The van der Waals surface area contributed by atoms with Crippen LogP contribution < -0.4 is 5.32 Å². The minimum Gasteiger partial charge on any atom is -0.391 e. The summed E-state index contributed by atoms with van der Waals surface area (Å²) in [6, 6.07) is -0.756. The highest BCUT2D eigenvalue weighted by atomic mass is 31.2. The van der Waals surface area contributed by atoms with Crippen LogP contribution in [0.5, 0.6) is 0 Å². The quantitative estimate of drug-likeness (QED) is 0.0306. The molecule has 1 amide bonds. The van der Waals surface area contributed by atoms with Crippen molar-refractivity contribution in [2.24, 2.45) is 0 Å². The molecular formula is C34H70N2O6P+. The molecule has 0 radical (unpaired) electrons. The Morgan fingerprint density at radius 3 is 1.79 bits per heavy atom. The first-order valence-electron chi connectivity index (χ1n) is 17.6. The predicted octanol–water partition coefficient (Wildman–Crippen LogP) is 8.46. The number of carbonyl (C=O) groups excluding carboxylic acids is 1. The van der Waals surface area contributed by atoms with E-state index in [1.54, 1.807) is 0 Å². The summed E-state index contributed by atoms with van der Waals surface area (Å²) in [7, 11) is 1.61. The summed E-state index contributed by atoms with van der Waals surface area (Å²) in [4.78, 5) is 22.9. The van der Waals surface area contributed by atoms with Gasteiger partial charge < -0.3 is 19.8 Å². The summed E-state index contributed by atoms with van der Waals surface area (Å²) >= 11 is 0. The van der Waals surface area contributed by atoms with Crippen molar-refractivity contribution < 1.29 is 32.9 Å². The molecule has 0 fully saturated rings. The van der Waals surface area contributed by atoms with Crippen LogP contribution in [-0.2, 0) is 18.4 Å². The van der Waals surface area contributed by atoms with Crippen LogP contribution in [0, 0.1) is 0 Å². The fourth-order valence-corrected chi connectivity index (χ4v) is 5.60. The van der Waals surface area contributed by atoms with E-state index in [1.165, 1.54) is 70.6 Å². The fourth-order valence-electron chi connectivity index (χ4n) is 4.86. The summed E-state index contributed by atoms with van der Waals surface area (Å²) in [6.45, 7) is 4.80. The molecule has 3 unspecified atom stereocenters. The molecule has 43 heavy (non-hydrogen) atoms. The topological polar surface area (TPSA) is 105 Å². The molecule has 0 aromatic carbocycles. The van der Waals surface area contributed by atoms with Gasteiger partial charge in [0.15, 0.2) is 0 Å². The second-order valence-corrected chi connectivity index (χ2v) is 14.7. The number of carbonyl (C=O) groups is 1. The molecule has 0 spiro atoms. The summed E-state index contributed by atoms with van der Waals surface area (Å²) in [5.41, 5.74) is 0. The predicted molar refractivity (Wildman–Crippen MR) is 180 cm³/mol. The average Bonchev–Trinajstić information content (AvgIpc) is 2.94. The van der Waals surface area contributed by atoms with Crippen LogP contribution in [0.3, 0.4) is 0 Å². The number of nitrogens with zero attached hydrogens (tertiary/aromatic N) is 1. The van der Waals surface area contributed by atoms with Gasteiger partial charge in [-0.25, -0.2) is 4.57 Å². The number of rotatable bonds is 31. The van der Waals surface area contributed by atoms with Crippen LogP contribution >= 0.6 is 7.82 Å². The molecule has 3 atom stereocenters. The standard InChI is InChI=1S/C34H69N2O6P/c1-6-8-10-12-14-15-16-17-18-19-20-22-24-26-28-34(38)35-32(33(37)27-25-23-21-13-11-9-7-2)31-42-43(39,40)41-30-29-36(3,4)5/h16-17,32-33,37H,6-15,18-31H2,1-5H3,(H-,35,38,39,40)/p+1/b17-16-. The minimum absolute atomic E-state index is 0.0737. The molecule has 9 heteroatoms. The van der Waals surface area contributed by atoms with Gasteiger partial charge in [-0.3, -0.25) is 13.8 Å². The Morgan fingerprint density at radius 2 is 1.26 bits per heavy atom. The Kier molecular flexibility index (Phi) is 27.1. The summed E-state index contributed by atoms with van der Waals surface area (Å²) in [5.74, 6) is -0.159. The van der Waals surface area contributed by atoms with Crippen molar-refractivity contribution >= 4 is 13.7 Å². The maximum absolute atomic E-state index is 12.7. The van der Waals surface area contributed by atoms with Gasteiger partial charge in [0.1, 0.15) is 13.2 Å². The van der Waals surface area contributed by atoms with E-state index in [4.69, 9.17) is 9.05 Å². The Labute approximate surface area is 265 Å². The third-order valence-corrected chi connectivity index (χ3v) is 8.75. The fraction of sp³-hybridized carbons (Fsp3) is 0.912. The van der Waals surface area contributed by atoms with E-state index >= 15 is 0 Å². The largest absolute Gasteiger partial charge is 0.472 e. The molecule has 0 aromatic heterocycles. The number of hydrogen-bond acceptors (Lipinski definition) is 5. The second kappa shape index (κ2) is 27.5. The number of aliphatic hydroxyl groups excluding tert-OH is 1. The van der Waals surface area contributed by atoms with Gasteiger partial charge >= 0.3 is 7.82 Å². The van der Waals surface area contributed by atoms with E-state index in [9.17, 15) is 19.4 Å². The van der Waals surface area contributed by atoms with E-state index in [0.717, 1.165) is 51.4 Å². The number of nitrogens with one attached hydrogen (secondary N) is 1. The van der Waals surface area contributed by atoms with Gasteiger partial charge in [0.25, 0.3) is 0 Å². The van der Waals surface area contributed by atoms with Crippen molar-refractivity contribution in [3.63, 3.8) is 0 Å². The van der Waals surface area contributed by atoms with Gasteiger partial charge in [0, 0.05) is 6.42 Å². The molecule has 0 aromatic rings. The van der Waals surface area contributed by atoms with Gasteiger partial charge in [-0.05, 0) is 38.5 Å². The van der Waals surface area contributed by atoms with Gasteiger partial charge in [0.05, 0.1) is 39.9 Å². The molecule has 0 saturated carbocycles. The molecule has 0 aliphatic heterocycles. The third kappa shape index (κ3) is 29.7. The molecule has 0 saturated heterocycles. The number of unbranched alkanes of at least 4 members (excludes halogenated alkanes) is 16. The van der Waals surface area contributed by atoms with E-state index in [2.05, 4.69) is 31.3 Å². The summed E-state index contributed by atoms with van der Waals surface area (Å²) in [6.07, 6.45) is 26.7. The molecule has 0 aliphatic carbocycles. The molecule has 3 N–H and O–H groups in total. The highest BCUT2D eigenvalue weighted by molar-refractivity contribution is 7.47. The van der Waals surface area contributed by atoms with E-state index < -0.39 is 20.0 Å². The molecule has 8 nitrogen and oxygen atoms in total. The van der Waals surface area contributed by atoms with E-state index in [0.29, 0.717) is 23.9 Å². The normalized spacial score (nSPS) is 15.0. The SMILES string of the molecule is CCCCCCC/C=C\CCCCCCCC(=O)NC(COP(=O)(O)OCC[N+](C)(C)C)C(O)CCCCCCCCC. The lowest BCUT2D eigenvalue weighted by Gasteiger charge is -2.26. The monoisotopic (exact) mass is 633 g/mol. The van der Waals surface area contributed by atoms with Crippen molar-refractivity contribution in [2.45, 2.75) is 161 Å². The van der Waals surface area contributed by atoms with Crippen molar-refractivity contribution in [3.8, 4) is 0 Å². The number of aliphatic hydroxyl groups is 1. The number of hydrogen-bond donors (Lipinski definition) is 3. The minimum atomic E-state index is -4.29. The average molecular weight is 634 g/mol. The van der Waals surface area contributed by atoms with Gasteiger partial charge in [-0.1, -0.05) is 116 Å². The Balaban J connectivity index is 4.44. The number of quaternary nitrogens is 1. The molecule has 0 heterocycles. The highest BCUT2D eigenvalue weighted by Crippen LogP contribution is 2.43. The Bertz CT molecular complexity index is 728. The summed E-state index contributed by atoms with van der Waals surface area (Å²) in [5, 5.41) is 13.7. The van der Waals surface area contributed by atoms with Crippen molar-refractivity contribution in [2.75, 3.05) is 40.9 Å². The Morgan fingerprint density at radius 1 is 0.767 bits per heavy atom. The highest BCUT2D eigenvalue weighted by Gasteiger charge is 2.28. The molecule has 0 bridgehead atoms. The third-order valence-electron chi connectivity index (χ3n) is 7.76. The van der Waals surface area contributed by atoms with Gasteiger partial charge in [-0.2, -0.15) is 0 Å². The number of likely N-dealkylation sites (N-methyl/N-ethyl adjacent to an activating group) is 1. The van der Waals surface area contributed by atoms with Crippen LogP contribution in [0.15, 0.2) is 12.2 Å². The van der Waals surface area contributed by atoms with Crippen LogP contribution in [0.4, 0.5) is 0 Å². The molecule has 0 aliphatic rings. The van der Waals surface area contributed by atoms with Gasteiger partial charge in [0.2, 0.25) is 5.91 Å². The van der Waals surface area contributed by atoms with Crippen LogP contribution in [0.25, 0.3) is 0 Å². The van der Waals surface area contributed by atoms with Gasteiger partial charge in [-0.15, -0.1) is 0 Å². The zero-order chi connectivity index (χ0) is 32.2. The molecule has 0 rings (SSSR count). The number of allylic oxidation sites excluding steroid dienone is 2. The van der Waals surface area contributed by atoms with E-state index in [1.807, 2.05) is 21.1 Å². The number of phosphoric acid groups is 1. The number of amides is 1. The van der Waals surface area contributed by atoms with Crippen molar-refractivity contribution in [1.82, 2.24) is 5.32 Å². The maximum atomic E-state index is 12.7. The lowest BCUT2D eigenvalue weighted by molar-refractivity contribution is -0.870. The van der Waals surface area contributed by atoms with Crippen LogP contribution in [0.1, 0.15) is 149 Å². The first kappa shape index (κ1) is 42.2. The number of phosphoric ester groups is 1. The lowest BCUT2D eigenvalue weighted by Crippen LogP contribution is -2.46. The van der Waals surface area contributed by atoms with Crippen LogP contribution in [0.2, 0.25) is 0 Å². The maximum Gasteiger partial charge on any atom is 0.472 e. The Hall–Kier alpha value is -0.760. The van der Waals surface area contributed by atoms with Crippen LogP contribution in [-0.4, -0.2) is 73.4 Å². The second-order valence-electron chi connectivity index (χ2n) is 13.2. The van der Waals surface area contributed by atoms with Crippen molar-refractivity contribution in [1.29, 1.82) is 0 Å². The summed E-state index contributed by atoms with van der Waals surface area (Å²) < 4.78 is 23.4. The first-order chi connectivity index (χ1) is 20.5. The molecular weight excluding hydrogens is 563 g/mol. The zero-order valence-corrected chi connectivity index (χ0v) is 29.6. The van der Waals surface area contributed by atoms with Crippen molar-refractivity contribution in [3.05, 3.63) is 12.2 Å². The molecule has 256 valence electrons. The lowest BCUT2D eigenvalue weighted by atomic mass is 10.0. The van der Waals surface area contributed by atoms with E-state index in [-0.39, 0.29) is 19.1 Å². The zero-order valence-electron chi connectivity index (χ0n) is 28.7.